The molecule has 1 aliphatic heterocycles. The van der Waals surface area contributed by atoms with E-state index in [2.05, 4.69) is 15.4 Å². The molecule has 2 rings (SSSR count). The van der Waals surface area contributed by atoms with Gasteiger partial charge in [-0.3, -0.25) is 4.79 Å². The number of anilines is 1. The largest absolute Gasteiger partial charge is 0.324 e. The first kappa shape index (κ1) is 20.8. The molecule has 3 N–H and O–H groups in total. The molecule has 1 aromatic carbocycles. The van der Waals surface area contributed by atoms with Gasteiger partial charge in [-0.1, -0.05) is 6.92 Å². The van der Waals surface area contributed by atoms with E-state index >= 15 is 0 Å². The number of halogens is 2. The van der Waals surface area contributed by atoms with E-state index in [-0.39, 0.29) is 28.4 Å². The standard InChI is InChI=1S/C15H22FN3O3S.ClH/c1-11(20)19-14-9-12(3-4-13(14)16)23(21,22)18-10-15(2)5-7-17-8-6-15;/h3-4,9,17-18H,5-8,10H2,1-2H3,(H,19,20);1H. The zero-order valence-corrected chi connectivity index (χ0v) is 15.3. The minimum atomic E-state index is -3.76. The zero-order chi connectivity index (χ0) is 17.1. The predicted octanol–water partition coefficient (Wildman–Crippen LogP) is 1.87. The molecule has 1 heterocycles. The monoisotopic (exact) mass is 379 g/mol. The molecule has 0 spiro atoms. The highest BCUT2D eigenvalue weighted by Gasteiger charge is 2.29. The zero-order valence-electron chi connectivity index (χ0n) is 13.7. The number of carbonyl (C=O) groups excluding carboxylic acids is 1. The molecule has 0 bridgehead atoms. The number of carbonyl (C=O) groups is 1. The molecule has 1 amide bonds. The molecular weight excluding hydrogens is 357 g/mol. The summed E-state index contributed by atoms with van der Waals surface area (Å²) < 4.78 is 41.0. The fourth-order valence-electron chi connectivity index (χ4n) is 2.52. The Morgan fingerprint density at radius 2 is 1.96 bits per heavy atom. The summed E-state index contributed by atoms with van der Waals surface area (Å²) in [5, 5.41) is 5.53. The van der Waals surface area contributed by atoms with Crippen molar-refractivity contribution in [3.05, 3.63) is 24.0 Å². The van der Waals surface area contributed by atoms with Gasteiger partial charge in [0, 0.05) is 13.5 Å². The molecule has 1 aromatic rings. The fraction of sp³-hybridized carbons (Fsp3) is 0.533. The minimum Gasteiger partial charge on any atom is -0.324 e. The van der Waals surface area contributed by atoms with Crippen LogP contribution in [-0.2, 0) is 14.8 Å². The maximum absolute atomic E-state index is 13.6. The Kier molecular flexibility index (Phi) is 7.15. The van der Waals surface area contributed by atoms with Crippen LogP contribution in [0.15, 0.2) is 23.1 Å². The molecule has 136 valence electrons. The second-order valence-electron chi connectivity index (χ2n) is 6.21. The highest BCUT2D eigenvalue weighted by atomic mass is 35.5. The third-order valence-electron chi connectivity index (χ3n) is 4.06. The molecule has 0 radical (unpaired) electrons. The Balaban J connectivity index is 0.00000288. The molecular formula is C15H23ClFN3O3S. The van der Waals surface area contributed by atoms with Crippen molar-refractivity contribution in [2.75, 3.05) is 25.0 Å². The molecule has 6 nitrogen and oxygen atoms in total. The van der Waals surface area contributed by atoms with Gasteiger partial charge in [0.2, 0.25) is 15.9 Å². The van der Waals surface area contributed by atoms with E-state index in [9.17, 15) is 17.6 Å². The average molecular weight is 380 g/mol. The number of piperidine rings is 1. The van der Waals surface area contributed by atoms with Crippen LogP contribution in [0.2, 0.25) is 0 Å². The first-order valence-electron chi connectivity index (χ1n) is 7.49. The van der Waals surface area contributed by atoms with Gasteiger partial charge in [0.1, 0.15) is 5.82 Å². The van der Waals surface area contributed by atoms with E-state index in [0.29, 0.717) is 6.54 Å². The van der Waals surface area contributed by atoms with Crippen molar-refractivity contribution in [1.29, 1.82) is 0 Å². The fourth-order valence-corrected chi connectivity index (χ4v) is 3.74. The molecule has 9 heteroatoms. The smallest absolute Gasteiger partial charge is 0.240 e. The Labute approximate surface area is 148 Å². The van der Waals surface area contributed by atoms with Crippen LogP contribution < -0.4 is 15.4 Å². The summed E-state index contributed by atoms with van der Waals surface area (Å²) >= 11 is 0. The van der Waals surface area contributed by atoms with Gasteiger partial charge in [-0.05, 0) is 49.5 Å². The number of rotatable bonds is 5. The van der Waals surface area contributed by atoms with Crippen molar-refractivity contribution in [1.82, 2.24) is 10.0 Å². The Hall–Kier alpha value is -1.22. The van der Waals surface area contributed by atoms with Crippen LogP contribution >= 0.6 is 12.4 Å². The molecule has 0 saturated carbocycles. The third-order valence-corrected chi connectivity index (χ3v) is 5.46. The highest BCUT2D eigenvalue weighted by molar-refractivity contribution is 7.89. The lowest BCUT2D eigenvalue weighted by Gasteiger charge is -2.34. The molecule has 0 aromatic heterocycles. The van der Waals surface area contributed by atoms with E-state index in [1.807, 2.05) is 6.92 Å². The summed E-state index contributed by atoms with van der Waals surface area (Å²) in [6, 6.07) is 3.35. The summed E-state index contributed by atoms with van der Waals surface area (Å²) in [6.07, 6.45) is 1.77. The summed E-state index contributed by atoms with van der Waals surface area (Å²) in [4.78, 5) is 11.0. The molecule has 0 atom stereocenters. The summed E-state index contributed by atoms with van der Waals surface area (Å²) in [6.45, 7) is 5.33. The van der Waals surface area contributed by atoms with Gasteiger partial charge in [-0.2, -0.15) is 0 Å². The molecule has 24 heavy (non-hydrogen) atoms. The number of nitrogens with one attached hydrogen (secondary N) is 3. The minimum absolute atomic E-state index is 0. The summed E-state index contributed by atoms with van der Waals surface area (Å²) in [5.41, 5.74) is -0.243. The van der Waals surface area contributed by atoms with E-state index in [1.54, 1.807) is 0 Å². The quantitative estimate of drug-likeness (QED) is 0.728. The van der Waals surface area contributed by atoms with Crippen molar-refractivity contribution < 1.29 is 17.6 Å². The van der Waals surface area contributed by atoms with Crippen LogP contribution in [0, 0.1) is 11.2 Å². The summed E-state index contributed by atoms with van der Waals surface area (Å²) in [7, 11) is -3.76. The normalized spacial score (nSPS) is 17.0. The van der Waals surface area contributed by atoms with Crippen LogP contribution in [0.4, 0.5) is 10.1 Å². The van der Waals surface area contributed by atoms with Gasteiger partial charge in [0.25, 0.3) is 0 Å². The Morgan fingerprint density at radius 3 is 2.54 bits per heavy atom. The van der Waals surface area contributed by atoms with Crippen LogP contribution in [0.3, 0.4) is 0 Å². The van der Waals surface area contributed by atoms with E-state index in [1.165, 1.54) is 13.0 Å². The molecule has 1 fully saturated rings. The molecule has 0 aliphatic carbocycles. The molecule has 1 aliphatic rings. The van der Waals surface area contributed by atoms with Gasteiger partial charge in [0.05, 0.1) is 10.6 Å². The summed E-state index contributed by atoms with van der Waals surface area (Å²) in [5.74, 6) is -1.14. The lowest BCUT2D eigenvalue weighted by molar-refractivity contribution is -0.114. The van der Waals surface area contributed by atoms with Crippen molar-refractivity contribution in [3.63, 3.8) is 0 Å². The van der Waals surface area contributed by atoms with Crippen molar-refractivity contribution in [2.45, 2.75) is 31.6 Å². The van der Waals surface area contributed by atoms with Crippen molar-refractivity contribution in [2.24, 2.45) is 5.41 Å². The number of hydrogen-bond acceptors (Lipinski definition) is 4. The van der Waals surface area contributed by atoms with Crippen LogP contribution in [0.1, 0.15) is 26.7 Å². The van der Waals surface area contributed by atoms with Gasteiger partial charge < -0.3 is 10.6 Å². The van der Waals surface area contributed by atoms with Crippen molar-refractivity contribution in [3.8, 4) is 0 Å². The van der Waals surface area contributed by atoms with E-state index < -0.39 is 21.7 Å². The maximum atomic E-state index is 13.6. The van der Waals surface area contributed by atoms with Gasteiger partial charge in [0.15, 0.2) is 0 Å². The van der Waals surface area contributed by atoms with E-state index in [0.717, 1.165) is 38.1 Å². The number of benzene rings is 1. The number of hydrogen-bond donors (Lipinski definition) is 3. The number of sulfonamides is 1. The molecule has 1 saturated heterocycles. The predicted molar refractivity (Wildman–Crippen MR) is 93.4 cm³/mol. The first-order chi connectivity index (χ1) is 10.7. The second kappa shape index (κ2) is 8.24. The Morgan fingerprint density at radius 1 is 1.33 bits per heavy atom. The third kappa shape index (κ3) is 5.41. The van der Waals surface area contributed by atoms with Gasteiger partial charge in [-0.25, -0.2) is 17.5 Å². The number of amides is 1. The first-order valence-corrected chi connectivity index (χ1v) is 8.98. The maximum Gasteiger partial charge on any atom is 0.240 e. The van der Waals surface area contributed by atoms with E-state index in [4.69, 9.17) is 0 Å². The molecule has 0 unspecified atom stereocenters. The van der Waals surface area contributed by atoms with Crippen LogP contribution in [-0.4, -0.2) is 34.0 Å². The van der Waals surface area contributed by atoms with Crippen LogP contribution in [0.25, 0.3) is 0 Å². The lowest BCUT2D eigenvalue weighted by Crippen LogP contribution is -2.42. The SMILES string of the molecule is CC(=O)Nc1cc(S(=O)(=O)NCC2(C)CCNCC2)ccc1F.Cl. The van der Waals surface area contributed by atoms with Crippen molar-refractivity contribution >= 4 is 34.0 Å². The van der Waals surface area contributed by atoms with Crippen LogP contribution in [0.5, 0.6) is 0 Å². The highest BCUT2D eigenvalue weighted by Crippen LogP contribution is 2.27. The van der Waals surface area contributed by atoms with Gasteiger partial charge >= 0.3 is 0 Å². The van der Waals surface area contributed by atoms with Gasteiger partial charge in [-0.15, -0.1) is 12.4 Å². The lowest BCUT2D eigenvalue weighted by atomic mass is 9.81. The second-order valence-corrected chi connectivity index (χ2v) is 7.98. The topological polar surface area (TPSA) is 87.3 Å². The average Bonchev–Trinajstić information content (AvgIpc) is 2.48. The Bertz CT molecular complexity index is 691.